The fourth-order valence-electron chi connectivity index (χ4n) is 2.24. The minimum atomic E-state index is -0.0901. The molecule has 1 N–H and O–H groups in total. The van der Waals surface area contributed by atoms with Crippen LogP contribution >= 0.6 is 15.9 Å². The summed E-state index contributed by atoms with van der Waals surface area (Å²) >= 11 is 3.51. The molecule has 21 heavy (non-hydrogen) atoms. The predicted octanol–water partition coefficient (Wildman–Crippen LogP) is 2.12. The average molecular weight is 354 g/mol. The second-order valence-corrected chi connectivity index (χ2v) is 5.90. The van der Waals surface area contributed by atoms with Crippen LogP contribution in [0.25, 0.3) is 0 Å². The number of aromatic nitrogens is 4. The number of nitrogens with one attached hydrogen (secondary N) is 1. The Labute approximate surface area is 132 Å². The number of amides is 1. The minimum Gasteiger partial charge on any atom is -0.351 e. The van der Waals surface area contributed by atoms with Crippen LogP contribution in [0.4, 0.5) is 0 Å². The highest BCUT2D eigenvalue weighted by Gasteiger charge is 2.11. The van der Waals surface area contributed by atoms with Crippen LogP contribution in [0.2, 0.25) is 0 Å². The smallest absolute Gasteiger partial charge is 0.269 e. The molecule has 0 radical (unpaired) electrons. The van der Waals surface area contributed by atoms with Crippen LogP contribution in [0, 0.1) is 20.8 Å². The molecule has 0 aromatic carbocycles. The molecule has 1 amide bonds. The number of rotatable bonds is 5. The highest BCUT2D eigenvalue weighted by molar-refractivity contribution is 9.10. The Bertz CT molecular complexity index is 659. The maximum absolute atomic E-state index is 12.0. The van der Waals surface area contributed by atoms with E-state index in [0.717, 1.165) is 34.5 Å². The van der Waals surface area contributed by atoms with E-state index in [4.69, 9.17) is 0 Å². The van der Waals surface area contributed by atoms with Gasteiger partial charge in [0, 0.05) is 25.8 Å². The van der Waals surface area contributed by atoms with Crippen molar-refractivity contribution in [2.75, 3.05) is 6.54 Å². The van der Waals surface area contributed by atoms with Crippen molar-refractivity contribution in [2.24, 2.45) is 7.05 Å². The Morgan fingerprint density at radius 2 is 2.05 bits per heavy atom. The first kappa shape index (κ1) is 15.8. The monoisotopic (exact) mass is 353 g/mol. The largest absolute Gasteiger partial charge is 0.351 e. The van der Waals surface area contributed by atoms with E-state index in [-0.39, 0.29) is 5.91 Å². The maximum atomic E-state index is 12.0. The van der Waals surface area contributed by atoms with Gasteiger partial charge in [-0.25, -0.2) is 0 Å². The van der Waals surface area contributed by atoms with Gasteiger partial charge in [0.1, 0.15) is 5.69 Å². The summed E-state index contributed by atoms with van der Waals surface area (Å²) in [5, 5.41) is 11.5. The van der Waals surface area contributed by atoms with Crippen LogP contribution < -0.4 is 5.32 Å². The molecule has 114 valence electrons. The van der Waals surface area contributed by atoms with Crippen LogP contribution in [0.1, 0.15) is 34.0 Å². The van der Waals surface area contributed by atoms with Crippen molar-refractivity contribution in [3.8, 4) is 0 Å². The lowest BCUT2D eigenvalue weighted by Gasteiger charge is -2.07. The van der Waals surface area contributed by atoms with Crippen molar-refractivity contribution in [3.05, 3.63) is 33.3 Å². The molecule has 2 heterocycles. The van der Waals surface area contributed by atoms with Gasteiger partial charge in [-0.3, -0.25) is 14.2 Å². The Hall–Kier alpha value is -1.63. The summed E-state index contributed by atoms with van der Waals surface area (Å²) < 4.78 is 4.61. The number of carbonyl (C=O) groups is 1. The van der Waals surface area contributed by atoms with Gasteiger partial charge in [0.15, 0.2) is 0 Å². The molecular weight excluding hydrogens is 334 g/mol. The summed E-state index contributed by atoms with van der Waals surface area (Å²) in [5.41, 5.74) is 3.53. The highest BCUT2D eigenvalue weighted by atomic mass is 79.9. The Morgan fingerprint density at radius 1 is 1.33 bits per heavy atom. The topological polar surface area (TPSA) is 64.7 Å². The normalized spacial score (nSPS) is 10.9. The number of hydrogen-bond donors (Lipinski definition) is 1. The van der Waals surface area contributed by atoms with Crippen molar-refractivity contribution in [1.82, 2.24) is 24.9 Å². The van der Waals surface area contributed by atoms with Gasteiger partial charge >= 0.3 is 0 Å². The van der Waals surface area contributed by atoms with Crippen molar-refractivity contribution >= 4 is 21.8 Å². The molecule has 2 aromatic rings. The van der Waals surface area contributed by atoms with Gasteiger partial charge in [-0.05, 0) is 49.2 Å². The lowest BCUT2D eigenvalue weighted by molar-refractivity contribution is 0.0943. The third-order valence-electron chi connectivity index (χ3n) is 3.36. The van der Waals surface area contributed by atoms with E-state index in [1.165, 1.54) is 0 Å². The molecule has 7 heteroatoms. The molecule has 0 fully saturated rings. The molecule has 0 unspecified atom stereocenters. The standard InChI is InChI=1S/C14H20BrN5O/c1-9-8-12(19(4)17-9)14(21)16-6-5-7-20-11(3)13(15)10(2)18-20/h8H,5-7H2,1-4H3,(H,16,21). The number of carbonyl (C=O) groups excluding carboxylic acids is 1. The fraction of sp³-hybridized carbons (Fsp3) is 0.500. The molecule has 2 aromatic heterocycles. The number of hydrogen-bond acceptors (Lipinski definition) is 3. The van der Waals surface area contributed by atoms with Crippen LogP contribution in [0.5, 0.6) is 0 Å². The summed E-state index contributed by atoms with van der Waals surface area (Å²) in [7, 11) is 1.77. The summed E-state index contributed by atoms with van der Waals surface area (Å²) in [4.78, 5) is 12.0. The van der Waals surface area contributed by atoms with Crippen LogP contribution in [-0.2, 0) is 13.6 Å². The molecule has 2 rings (SSSR count). The maximum Gasteiger partial charge on any atom is 0.269 e. The minimum absolute atomic E-state index is 0.0901. The zero-order valence-electron chi connectivity index (χ0n) is 12.8. The Morgan fingerprint density at radius 3 is 2.57 bits per heavy atom. The average Bonchev–Trinajstić information content (AvgIpc) is 2.89. The predicted molar refractivity (Wildman–Crippen MR) is 84.3 cm³/mol. The Balaban J connectivity index is 1.83. The van der Waals surface area contributed by atoms with Crippen LogP contribution in [-0.4, -0.2) is 32.0 Å². The second-order valence-electron chi connectivity index (χ2n) is 5.11. The molecule has 0 spiro atoms. The zero-order valence-corrected chi connectivity index (χ0v) is 14.4. The van der Waals surface area contributed by atoms with Gasteiger partial charge in [0.2, 0.25) is 0 Å². The van der Waals surface area contributed by atoms with Gasteiger partial charge in [0.25, 0.3) is 5.91 Å². The number of aryl methyl sites for hydroxylation is 4. The van der Waals surface area contributed by atoms with Crippen LogP contribution in [0.15, 0.2) is 10.5 Å². The van der Waals surface area contributed by atoms with Gasteiger partial charge in [0.05, 0.1) is 15.9 Å². The Kier molecular flexibility index (Phi) is 4.82. The molecule has 0 aliphatic heterocycles. The first-order chi connectivity index (χ1) is 9.90. The quantitative estimate of drug-likeness (QED) is 0.837. The summed E-state index contributed by atoms with van der Waals surface area (Å²) in [6.07, 6.45) is 0.830. The molecule has 0 aliphatic carbocycles. The highest BCUT2D eigenvalue weighted by Crippen LogP contribution is 2.19. The number of nitrogens with zero attached hydrogens (tertiary/aromatic N) is 4. The van der Waals surface area contributed by atoms with E-state index in [1.807, 2.05) is 25.5 Å². The number of halogens is 1. The molecule has 0 bridgehead atoms. The zero-order chi connectivity index (χ0) is 15.6. The van der Waals surface area contributed by atoms with Crippen molar-refractivity contribution in [3.63, 3.8) is 0 Å². The van der Waals surface area contributed by atoms with Gasteiger partial charge in [-0.2, -0.15) is 10.2 Å². The van der Waals surface area contributed by atoms with Crippen molar-refractivity contribution in [1.29, 1.82) is 0 Å². The first-order valence-corrected chi connectivity index (χ1v) is 7.67. The molecule has 6 nitrogen and oxygen atoms in total. The lowest BCUT2D eigenvalue weighted by Crippen LogP contribution is -2.27. The van der Waals surface area contributed by atoms with Crippen molar-refractivity contribution in [2.45, 2.75) is 33.7 Å². The summed E-state index contributed by atoms with van der Waals surface area (Å²) in [6.45, 7) is 7.26. The van der Waals surface area contributed by atoms with Crippen molar-refractivity contribution < 1.29 is 4.79 Å². The van der Waals surface area contributed by atoms with Gasteiger partial charge < -0.3 is 5.32 Å². The fourth-order valence-corrected chi connectivity index (χ4v) is 2.52. The first-order valence-electron chi connectivity index (χ1n) is 6.88. The van der Waals surface area contributed by atoms with Crippen LogP contribution in [0.3, 0.4) is 0 Å². The van der Waals surface area contributed by atoms with E-state index >= 15 is 0 Å². The molecule has 0 atom stereocenters. The second kappa shape index (κ2) is 6.43. The van der Waals surface area contributed by atoms with E-state index in [2.05, 4.69) is 31.4 Å². The summed E-state index contributed by atoms with van der Waals surface area (Å²) in [5.74, 6) is -0.0901. The van der Waals surface area contributed by atoms with E-state index < -0.39 is 0 Å². The SMILES string of the molecule is Cc1cc(C(=O)NCCCn2nc(C)c(Br)c2C)n(C)n1. The van der Waals surface area contributed by atoms with E-state index in [9.17, 15) is 4.79 Å². The van der Waals surface area contributed by atoms with Gasteiger partial charge in [-0.1, -0.05) is 0 Å². The molecular formula is C14H20BrN5O. The van der Waals surface area contributed by atoms with E-state index in [1.54, 1.807) is 17.8 Å². The third kappa shape index (κ3) is 3.53. The molecule has 0 saturated carbocycles. The summed E-state index contributed by atoms with van der Waals surface area (Å²) in [6, 6.07) is 1.79. The molecule has 0 aliphatic rings. The van der Waals surface area contributed by atoms with Gasteiger partial charge in [-0.15, -0.1) is 0 Å². The molecule has 0 saturated heterocycles. The lowest BCUT2D eigenvalue weighted by atomic mass is 10.3. The van der Waals surface area contributed by atoms with E-state index in [0.29, 0.717) is 12.2 Å². The third-order valence-corrected chi connectivity index (χ3v) is 4.51.